The summed E-state index contributed by atoms with van der Waals surface area (Å²) >= 11 is 0. The van der Waals surface area contributed by atoms with Crippen molar-refractivity contribution < 1.29 is 4.79 Å². The maximum Gasteiger partial charge on any atom is 0.244 e. The predicted molar refractivity (Wildman–Crippen MR) is 94.3 cm³/mol. The van der Waals surface area contributed by atoms with Crippen LogP contribution in [0.2, 0.25) is 0 Å². The van der Waals surface area contributed by atoms with E-state index in [2.05, 4.69) is 22.0 Å². The first-order chi connectivity index (χ1) is 11.7. The summed E-state index contributed by atoms with van der Waals surface area (Å²) in [5.41, 5.74) is 8.31. The van der Waals surface area contributed by atoms with Gasteiger partial charge in [0.2, 0.25) is 5.91 Å². The third-order valence-corrected chi connectivity index (χ3v) is 4.57. The fraction of sp³-hybridized carbons (Fsp3) is 0.368. The van der Waals surface area contributed by atoms with Gasteiger partial charge < -0.3 is 10.6 Å². The number of amides is 1. The van der Waals surface area contributed by atoms with Gasteiger partial charge in [-0.3, -0.25) is 14.7 Å². The molecule has 1 atom stereocenters. The molecule has 2 heterocycles. The van der Waals surface area contributed by atoms with Gasteiger partial charge in [-0.1, -0.05) is 30.3 Å². The second-order valence-corrected chi connectivity index (χ2v) is 6.16. The zero-order valence-corrected chi connectivity index (χ0v) is 13.8. The first-order valence-electron chi connectivity index (χ1n) is 8.44. The number of nitrogens with zero attached hydrogens (tertiary/aromatic N) is 3. The highest BCUT2D eigenvalue weighted by molar-refractivity contribution is 5.83. The molecule has 1 aromatic carbocycles. The number of carbonyl (C=O) groups is 1. The zero-order valence-electron chi connectivity index (χ0n) is 13.8. The Kier molecular flexibility index (Phi) is 5.56. The lowest BCUT2D eigenvalue weighted by Crippen LogP contribution is -2.51. The molecule has 0 radical (unpaired) electrons. The molecule has 5 nitrogen and oxygen atoms in total. The molecule has 0 unspecified atom stereocenters. The molecule has 2 N–H and O–H groups in total. The van der Waals surface area contributed by atoms with Crippen molar-refractivity contribution in [3.63, 3.8) is 0 Å². The largest absolute Gasteiger partial charge is 0.338 e. The van der Waals surface area contributed by atoms with Gasteiger partial charge >= 0.3 is 0 Å². The van der Waals surface area contributed by atoms with Crippen molar-refractivity contribution in [1.82, 2.24) is 14.8 Å². The van der Waals surface area contributed by atoms with Gasteiger partial charge in [0.1, 0.15) is 6.04 Å². The fourth-order valence-electron chi connectivity index (χ4n) is 3.03. The molecular weight excluding hydrogens is 300 g/mol. The number of hydrogen-bond donors (Lipinski definition) is 1. The topological polar surface area (TPSA) is 62.5 Å². The molecule has 3 rings (SSSR count). The number of aromatic nitrogens is 1. The summed E-state index contributed by atoms with van der Waals surface area (Å²) < 4.78 is 0. The molecule has 5 heteroatoms. The van der Waals surface area contributed by atoms with Crippen molar-refractivity contribution in [2.24, 2.45) is 5.73 Å². The summed E-state index contributed by atoms with van der Waals surface area (Å²) in [6.07, 6.45) is 4.67. The van der Waals surface area contributed by atoms with Crippen LogP contribution in [-0.2, 0) is 11.2 Å². The predicted octanol–water partition coefficient (Wildman–Crippen LogP) is 1.47. The Labute approximate surface area is 143 Å². The number of rotatable bonds is 5. The maximum absolute atomic E-state index is 12.6. The van der Waals surface area contributed by atoms with E-state index in [1.54, 1.807) is 0 Å². The zero-order chi connectivity index (χ0) is 16.8. The molecule has 0 saturated carbocycles. The average Bonchev–Trinajstić information content (AvgIpc) is 2.67. The summed E-state index contributed by atoms with van der Waals surface area (Å²) in [4.78, 5) is 20.9. The van der Waals surface area contributed by atoms with Crippen LogP contribution in [-0.4, -0.2) is 53.4 Å². The molecule has 1 aliphatic rings. The lowest BCUT2D eigenvalue weighted by molar-refractivity contribution is -0.134. The van der Waals surface area contributed by atoms with Crippen molar-refractivity contribution in [3.8, 4) is 0 Å². The maximum atomic E-state index is 12.6. The number of hydrogen-bond acceptors (Lipinski definition) is 4. The Balaban J connectivity index is 1.47. The number of benzene rings is 1. The Morgan fingerprint density at radius 2 is 1.71 bits per heavy atom. The Morgan fingerprint density at radius 3 is 2.38 bits per heavy atom. The van der Waals surface area contributed by atoms with Gasteiger partial charge in [-0.2, -0.15) is 0 Å². The van der Waals surface area contributed by atoms with Crippen molar-refractivity contribution in [1.29, 1.82) is 0 Å². The van der Waals surface area contributed by atoms with Crippen molar-refractivity contribution in [2.45, 2.75) is 12.5 Å². The normalized spacial score (nSPS) is 16.8. The number of pyridine rings is 1. The highest BCUT2D eigenvalue weighted by Crippen LogP contribution is 2.14. The molecule has 0 bridgehead atoms. The second kappa shape index (κ2) is 8.04. The molecule has 126 valence electrons. The summed E-state index contributed by atoms with van der Waals surface area (Å²) in [6, 6.07) is 13.1. The third-order valence-electron chi connectivity index (χ3n) is 4.57. The van der Waals surface area contributed by atoms with Gasteiger partial charge in [0.05, 0.1) is 0 Å². The standard InChI is InChI=1S/C19H24N4O/c20-18(17-4-2-1-3-5-17)19(24)23-14-12-22(13-15-23)11-8-16-6-9-21-10-7-16/h1-7,9-10,18H,8,11-15,20H2/t18-/m1/s1. The second-order valence-electron chi connectivity index (χ2n) is 6.16. The van der Waals surface area contributed by atoms with Gasteiger partial charge in [-0.15, -0.1) is 0 Å². The van der Waals surface area contributed by atoms with Crippen LogP contribution in [0.25, 0.3) is 0 Å². The van der Waals surface area contributed by atoms with E-state index in [0.717, 1.165) is 44.7 Å². The smallest absolute Gasteiger partial charge is 0.244 e. The summed E-state index contributed by atoms with van der Waals surface area (Å²) in [5, 5.41) is 0. The van der Waals surface area contributed by atoms with E-state index in [9.17, 15) is 4.79 Å². The molecule has 24 heavy (non-hydrogen) atoms. The van der Waals surface area contributed by atoms with E-state index >= 15 is 0 Å². The molecule has 1 saturated heterocycles. The average molecular weight is 324 g/mol. The van der Waals surface area contributed by atoms with Crippen molar-refractivity contribution in [3.05, 3.63) is 66.0 Å². The fourth-order valence-corrected chi connectivity index (χ4v) is 3.03. The summed E-state index contributed by atoms with van der Waals surface area (Å²) in [5.74, 6) is 0.0231. The quantitative estimate of drug-likeness (QED) is 0.905. The van der Waals surface area contributed by atoms with Crippen LogP contribution in [0.1, 0.15) is 17.2 Å². The monoisotopic (exact) mass is 324 g/mol. The number of nitrogens with two attached hydrogens (primary N) is 1. The van der Waals surface area contributed by atoms with Crippen LogP contribution in [0.3, 0.4) is 0 Å². The minimum atomic E-state index is -0.561. The van der Waals surface area contributed by atoms with Crippen LogP contribution in [0.15, 0.2) is 54.9 Å². The van der Waals surface area contributed by atoms with Gasteiger partial charge in [0, 0.05) is 45.1 Å². The van der Waals surface area contributed by atoms with Crippen molar-refractivity contribution >= 4 is 5.91 Å². The summed E-state index contributed by atoms with van der Waals surface area (Å²) in [6.45, 7) is 4.30. The Bertz CT molecular complexity index is 639. The molecule has 2 aromatic rings. The Morgan fingerprint density at radius 1 is 1.04 bits per heavy atom. The van der Waals surface area contributed by atoms with E-state index in [4.69, 9.17) is 5.73 Å². The van der Waals surface area contributed by atoms with E-state index in [0.29, 0.717) is 0 Å². The van der Waals surface area contributed by atoms with E-state index in [-0.39, 0.29) is 5.91 Å². The lowest BCUT2D eigenvalue weighted by Gasteiger charge is -2.36. The van der Waals surface area contributed by atoms with Crippen LogP contribution < -0.4 is 5.73 Å². The van der Waals surface area contributed by atoms with E-state index < -0.39 is 6.04 Å². The molecular formula is C19H24N4O. The van der Waals surface area contributed by atoms with E-state index in [1.807, 2.05) is 47.6 Å². The number of carbonyl (C=O) groups excluding carboxylic acids is 1. The Hall–Kier alpha value is -2.24. The third kappa shape index (κ3) is 4.19. The molecule has 1 fully saturated rings. The first-order valence-corrected chi connectivity index (χ1v) is 8.44. The van der Waals surface area contributed by atoms with E-state index in [1.165, 1.54) is 5.56 Å². The van der Waals surface area contributed by atoms with Gasteiger partial charge in [-0.25, -0.2) is 0 Å². The SMILES string of the molecule is N[C@@H](C(=O)N1CCN(CCc2ccncc2)CC1)c1ccccc1. The molecule has 1 aromatic heterocycles. The van der Waals surface area contributed by atoms with Crippen molar-refractivity contribution in [2.75, 3.05) is 32.7 Å². The highest BCUT2D eigenvalue weighted by Gasteiger charge is 2.25. The lowest BCUT2D eigenvalue weighted by atomic mass is 10.1. The van der Waals surface area contributed by atoms with Crippen LogP contribution in [0.5, 0.6) is 0 Å². The molecule has 1 amide bonds. The van der Waals surface area contributed by atoms with Crippen LogP contribution in [0, 0.1) is 0 Å². The first kappa shape index (κ1) is 16.6. The molecule has 0 aliphatic carbocycles. The van der Waals surface area contributed by atoms with Gasteiger partial charge in [0.25, 0.3) is 0 Å². The van der Waals surface area contributed by atoms with Gasteiger partial charge in [0.15, 0.2) is 0 Å². The van der Waals surface area contributed by atoms with Crippen LogP contribution >= 0.6 is 0 Å². The molecule has 1 aliphatic heterocycles. The minimum absolute atomic E-state index is 0.0231. The minimum Gasteiger partial charge on any atom is -0.338 e. The molecule has 0 spiro atoms. The number of piperazine rings is 1. The highest BCUT2D eigenvalue weighted by atomic mass is 16.2. The van der Waals surface area contributed by atoms with Crippen LogP contribution in [0.4, 0.5) is 0 Å². The summed E-state index contributed by atoms with van der Waals surface area (Å²) in [7, 11) is 0. The van der Waals surface area contributed by atoms with Gasteiger partial charge in [-0.05, 0) is 29.7 Å².